The van der Waals surface area contributed by atoms with Crippen LogP contribution in [0.25, 0.3) is 5.57 Å². The maximum absolute atomic E-state index is 11.8. The molecule has 196 valence electrons. The van der Waals surface area contributed by atoms with Gasteiger partial charge in [-0.15, -0.1) is 0 Å². The Kier molecular flexibility index (Phi) is 14.9. The number of piperazine rings is 1. The van der Waals surface area contributed by atoms with Gasteiger partial charge >= 0.3 is 0 Å². The first-order chi connectivity index (χ1) is 17.2. The molecule has 1 aliphatic rings. The van der Waals surface area contributed by atoms with Crippen molar-refractivity contribution in [1.82, 2.24) is 5.32 Å². The van der Waals surface area contributed by atoms with Gasteiger partial charge in [0.1, 0.15) is 0 Å². The fourth-order valence-corrected chi connectivity index (χ4v) is 3.53. The zero-order valence-corrected chi connectivity index (χ0v) is 23.7. The first kappa shape index (κ1) is 30.9. The van der Waals surface area contributed by atoms with Gasteiger partial charge in [-0.2, -0.15) is 0 Å². The molecule has 0 spiro atoms. The van der Waals surface area contributed by atoms with Crippen molar-refractivity contribution >= 4 is 22.9 Å². The fraction of sp³-hybridized carbons (Fsp3) is 0.406. The maximum atomic E-state index is 11.8. The number of hydrogen-bond donors (Lipinski definition) is 2. The van der Waals surface area contributed by atoms with E-state index >= 15 is 0 Å². The minimum Gasteiger partial charge on any atom is -0.369 e. The van der Waals surface area contributed by atoms with Crippen molar-refractivity contribution in [2.45, 2.75) is 55.4 Å². The lowest BCUT2D eigenvalue weighted by Gasteiger charge is -2.30. The number of carbonyl (C=O) groups excluding carboxylic acids is 1. The number of amides is 1. The van der Waals surface area contributed by atoms with E-state index in [1.807, 2.05) is 58.9 Å². The van der Waals surface area contributed by atoms with E-state index in [9.17, 15) is 4.79 Å². The predicted molar refractivity (Wildman–Crippen MR) is 160 cm³/mol. The molecule has 0 atom stereocenters. The number of aryl methyl sites for hydroxylation is 2. The Morgan fingerprint density at radius 3 is 2.08 bits per heavy atom. The number of benzene rings is 2. The Hall–Kier alpha value is -3.11. The summed E-state index contributed by atoms with van der Waals surface area (Å²) in [7, 11) is 0. The second-order valence-corrected chi connectivity index (χ2v) is 9.22. The first-order valence-corrected chi connectivity index (χ1v) is 13.0. The summed E-state index contributed by atoms with van der Waals surface area (Å²) in [5.41, 5.74) is 7.27. The summed E-state index contributed by atoms with van der Waals surface area (Å²) >= 11 is 0. The fourth-order valence-electron chi connectivity index (χ4n) is 3.53. The van der Waals surface area contributed by atoms with Crippen LogP contribution >= 0.6 is 0 Å². The van der Waals surface area contributed by atoms with Crippen molar-refractivity contribution in [2.24, 2.45) is 5.92 Å². The largest absolute Gasteiger partial charge is 0.369 e. The Balaban J connectivity index is 0.000000321. The lowest BCUT2D eigenvalue weighted by atomic mass is 10.0. The van der Waals surface area contributed by atoms with Gasteiger partial charge in [-0.05, 0) is 75.9 Å². The molecule has 0 bridgehead atoms. The molecule has 1 aliphatic heterocycles. The molecule has 36 heavy (non-hydrogen) atoms. The number of anilines is 2. The molecular formula is C32H47N3O. The summed E-state index contributed by atoms with van der Waals surface area (Å²) in [6, 6.07) is 14.7. The van der Waals surface area contributed by atoms with Gasteiger partial charge in [0.25, 0.3) is 0 Å². The summed E-state index contributed by atoms with van der Waals surface area (Å²) in [4.78, 5) is 14.2. The molecule has 0 radical (unpaired) electrons. The third-order valence-electron chi connectivity index (χ3n) is 5.98. The quantitative estimate of drug-likeness (QED) is 0.426. The smallest absolute Gasteiger partial charge is 0.226 e. The van der Waals surface area contributed by atoms with Crippen molar-refractivity contribution < 1.29 is 4.79 Å². The molecule has 0 saturated carbocycles. The summed E-state index contributed by atoms with van der Waals surface area (Å²) in [6.45, 7) is 20.3. The molecule has 0 unspecified atom stereocenters. The molecule has 1 amide bonds. The normalized spacial score (nSPS) is 13.8. The van der Waals surface area contributed by atoms with Gasteiger partial charge in [0.15, 0.2) is 0 Å². The van der Waals surface area contributed by atoms with Gasteiger partial charge in [-0.1, -0.05) is 74.6 Å². The second kappa shape index (κ2) is 17.3. The zero-order valence-electron chi connectivity index (χ0n) is 23.7. The van der Waals surface area contributed by atoms with Crippen molar-refractivity contribution in [3.05, 3.63) is 89.5 Å². The number of allylic oxidation sites excluding steroid dienone is 6. The maximum Gasteiger partial charge on any atom is 0.226 e. The van der Waals surface area contributed by atoms with Gasteiger partial charge in [0, 0.05) is 43.5 Å². The molecule has 0 aliphatic carbocycles. The molecule has 2 aromatic rings. The number of nitrogens with one attached hydrogen (secondary N) is 2. The highest BCUT2D eigenvalue weighted by Crippen LogP contribution is 2.24. The zero-order chi connectivity index (χ0) is 26.9. The Morgan fingerprint density at radius 1 is 0.944 bits per heavy atom. The van der Waals surface area contributed by atoms with E-state index in [0.29, 0.717) is 0 Å². The summed E-state index contributed by atoms with van der Waals surface area (Å²) in [6.07, 6.45) is 10.1. The standard InChI is InChI=1S/C15H23N3O.C11H14.C6H10/c1-11(2)15(19)17-14-10-13(5-4-12(14)3)18-8-6-16-7-9-18;1-4-9(2)11-8-6-5-7-10(11)3;1-3-5-6-4-2/h4-5,10-11,16H,6-9H2,1-3H3,(H,17,19);4-8H,1-3H3;3-6H,1-2H3/b;9-4-;5-3-,6-4-. The minimum atomic E-state index is 0.00208. The van der Waals surface area contributed by atoms with Crippen molar-refractivity contribution in [2.75, 3.05) is 36.4 Å². The van der Waals surface area contributed by atoms with Gasteiger partial charge in [0.2, 0.25) is 5.91 Å². The van der Waals surface area contributed by atoms with Gasteiger partial charge in [-0.3, -0.25) is 4.79 Å². The SMILES string of the molecule is C/C=C(/C)c1ccccc1C.C/C=C\C=C/C.Cc1ccc(N2CCNCC2)cc1NC(=O)C(C)C. The molecule has 2 N–H and O–H groups in total. The van der Waals surface area contributed by atoms with Crippen LogP contribution < -0.4 is 15.5 Å². The molecule has 2 aromatic carbocycles. The number of nitrogens with zero attached hydrogens (tertiary/aromatic N) is 1. The van der Waals surface area contributed by atoms with Crippen LogP contribution in [0.1, 0.15) is 58.2 Å². The van der Waals surface area contributed by atoms with Crippen LogP contribution in [-0.4, -0.2) is 32.1 Å². The highest BCUT2D eigenvalue weighted by atomic mass is 16.1. The highest BCUT2D eigenvalue weighted by molar-refractivity contribution is 5.93. The van der Waals surface area contributed by atoms with Crippen molar-refractivity contribution in [3.63, 3.8) is 0 Å². The number of hydrogen-bond acceptors (Lipinski definition) is 3. The topological polar surface area (TPSA) is 44.4 Å². The molecule has 1 saturated heterocycles. The van der Waals surface area contributed by atoms with Crippen LogP contribution in [-0.2, 0) is 4.79 Å². The monoisotopic (exact) mass is 489 g/mol. The lowest BCUT2D eigenvalue weighted by Crippen LogP contribution is -2.43. The van der Waals surface area contributed by atoms with E-state index in [1.54, 1.807) is 0 Å². The molecule has 4 nitrogen and oxygen atoms in total. The number of rotatable bonds is 5. The van der Waals surface area contributed by atoms with Crippen molar-refractivity contribution in [3.8, 4) is 0 Å². The Morgan fingerprint density at radius 2 is 1.56 bits per heavy atom. The first-order valence-electron chi connectivity index (χ1n) is 13.0. The molecule has 1 fully saturated rings. The van der Waals surface area contributed by atoms with E-state index in [1.165, 1.54) is 22.4 Å². The van der Waals surface area contributed by atoms with Gasteiger partial charge in [-0.25, -0.2) is 0 Å². The average molecular weight is 490 g/mol. The third-order valence-corrected chi connectivity index (χ3v) is 5.98. The highest BCUT2D eigenvalue weighted by Gasteiger charge is 2.13. The van der Waals surface area contributed by atoms with Gasteiger partial charge in [0.05, 0.1) is 0 Å². The minimum absolute atomic E-state index is 0.00208. The number of carbonyl (C=O) groups is 1. The van der Waals surface area contributed by atoms with E-state index in [0.717, 1.165) is 37.4 Å². The summed E-state index contributed by atoms with van der Waals surface area (Å²) in [5, 5.41) is 6.35. The van der Waals surface area contributed by atoms with Crippen molar-refractivity contribution in [1.29, 1.82) is 0 Å². The average Bonchev–Trinajstić information content (AvgIpc) is 2.89. The molecule has 4 heteroatoms. The second-order valence-electron chi connectivity index (χ2n) is 9.22. The summed E-state index contributed by atoms with van der Waals surface area (Å²) in [5.74, 6) is 0.0720. The van der Waals surface area contributed by atoms with E-state index in [2.05, 4.69) is 84.8 Å². The van der Waals surface area contributed by atoms with E-state index < -0.39 is 0 Å². The van der Waals surface area contributed by atoms with Crippen LogP contribution in [0.5, 0.6) is 0 Å². The van der Waals surface area contributed by atoms with Crippen LogP contribution in [0.3, 0.4) is 0 Å². The third kappa shape index (κ3) is 11.1. The van der Waals surface area contributed by atoms with Crippen LogP contribution in [0.2, 0.25) is 0 Å². The van der Waals surface area contributed by atoms with Gasteiger partial charge < -0.3 is 15.5 Å². The van der Waals surface area contributed by atoms with E-state index in [4.69, 9.17) is 0 Å². The molecule has 3 rings (SSSR count). The Labute approximate surface area is 220 Å². The molecule has 1 heterocycles. The summed E-state index contributed by atoms with van der Waals surface area (Å²) < 4.78 is 0. The van der Waals surface area contributed by atoms with Crippen LogP contribution in [0.15, 0.2) is 72.8 Å². The Bertz CT molecular complexity index is 1000. The van der Waals surface area contributed by atoms with Crippen LogP contribution in [0, 0.1) is 19.8 Å². The van der Waals surface area contributed by atoms with E-state index in [-0.39, 0.29) is 11.8 Å². The molecular weight excluding hydrogens is 442 g/mol. The lowest BCUT2D eigenvalue weighted by molar-refractivity contribution is -0.118. The molecule has 0 aromatic heterocycles. The van der Waals surface area contributed by atoms with Crippen LogP contribution in [0.4, 0.5) is 11.4 Å². The predicted octanol–water partition coefficient (Wildman–Crippen LogP) is 7.56.